The van der Waals surface area contributed by atoms with Crippen LogP contribution in [0.1, 0.15) is 57.1 Å². The lowest BCUT2D eigenvalue weighted by atomic mass is 9.96. The molecular weight excluding hydrogens is 630 g/mol. The molecule has 262 valence electrons. The smallest absolute Gasteiger partial charge is 0.323 e. The van der Waals surface area contributed by atoms with E-state index in [2.05, 4.69) is 38.7 Å². The summed E-state index contributed by atoms with van der Waals surface area (Å²) in [6, 6.07) is 15.8. The van der Waals surface area contributed by atoms with E-state index in [-0.39, 0.29) is 17.9 Å². The number of anilines is 3. The molecule has 0 saturated carbocycles. The number of hydrogen-bond acceptors (Lipinski definition) is 9. The number of carbonyl (C=O) groups is 2. The minimum Gasteiger partial charge on any atom is -0.354 e. The van der Waals surface area contributed by atoms with Crippen LogP contribution >= 0.6 is 0 Å². The van der Waals surface area contributed by atoms with Gasteiger partial charge in [-0.1, -0.05) is 50.1 Å². The van der Waals surface area contributed by atoms with Crippen LogP contribution in [0.4, 0.5) is 22.4 Å². The van der Waals surface area contributed by atoms with Gasteiger partial charge >= 0.3 is 6.03 Å². The lowest BCUT2D eigenvalue weighted by Gasteiger charge is -2.35. The molecule has 50 heavy (non-hydrogen) atoms. The summed E-state index contributed by atoms with van der Waals surface area (Å²) >= 11 is 0. The number of benzene rings is 1. The fourth-order valence-corrected chi connectivity index (χ4v) is 6.20. The first kappa shape index (κ1) is 35.8. The molecule has 0 bridgehead atoms. The Hall–Kier alpha value is -5.51. The number of aromatic nitrogens is 5. The summed E-state index contributed by atoms with van der Waals surface area (Å²) in [5, 5.41) is 20.4. The summed E-state index contributed by atoms with van der Waals surface area (Å²) in [6.45, 7) is 7.87. The summed E-state index contributed by atoms with van der Waals surface area (Å²) in [5.41, 5.74) is 3.37. The zero-order valence-electron chi connectivity index (χ0n) is 29.3. The molecule has 5 rings (SSSR count). The monoisotopic (exact) mass is 677 g/mol. The number of unbranched alkanes of at least 4 members (excludes halogenated alkanes) is 1. The Morgan fingerprint density at radius 2 is 1.78 bits per heavy atom. The third kappa shape index (κ3) is 9.78. The molecule has 13 heteroatoms. The number of nitrogens with zero attached hydrogens (tertiary/aromatic N) is 9. The standard InChI is InChI=1S/C37H47N11O2/c1-4-10-30(13-8-9-16-39-36-41-24-32(21-38)35(44-36)47-19-17-46(18-20-47)28(2)49)26-48(37(50)42-22-29-11-6-5-7-12-29)34-15-14-31(23-40-34)33-25-43-45(3)27-33/h5-7,11-12,14-15,23-25,27,30H,4,8-10,13,16-20,22,26H2,1-3H3,(H,42,50)(H,39,41,44)/t30-/m0/s1. The fourth-order valence-electron chi connectivity index (χ4n) is 6.20. The van der Waals surface area contributed by atoms with E-state index in [0.29, 0.717) is 69.0 Å². The number of nitriles is 1. The van der Waals surface area contributed by atoms with Gasteiger partial charge in [0.25, 0.3) is 0 Å². The highest BCUT2D eigenvalue weighted by molar-refractivity contribution is 5.91. The zero-order valence-corrected chi connectivity index (χ0v) is 29.3. The van der Waals surface area contributed by atoms with Gasteiger partial charge in [-0.25, -0.2) is 14.8 Å². The molecule has 3 amide bonds. The van der Waals surface area contributed by atoms with Gasteiger partial charge in [0.2, 0.25) is 11.9 Å². The Labute approximate surface area is 294 Å². The van der Waals surface area contributed by atoms with Crippen molar-refractivity contribution >= 4 is 29.5 Å². The predicted octanol–water partition coefficient (Wildman–Crippen LogP) is 5.23. The highest BCUT2D eigenvalue weighted by Gasteiger charge is 2.24. The maximum atomic E-state index is 13.7. The van der Waals surface area contributed by atoms with Crippen molar-refractivity contribution < 1.29 is 9.59 Å². The third-order valence-corrected chi connectivity index (χ3v) is 8.97. The second kappa shape index (κ2) is 17.8. The van der Waals surface area contributed by atoms with Crippen LogP contribution in [0.2, 0.25) is 0 Å². The number of piperazine rings is 1. The Morgan fingerprint density at radius 3 is 2.44 bits per heavy atom. The largest absolute Gasteiger partial charge is 0.354 e. The number of pyridine rings is 1. The molecule has 13 nitrogen and oxygen atoms in total. The molecule has 0 unspecified atom stereocenters. The molecule has 1 aliphatic heterocycles. The van der Waals surface area contributed by atoms with Crippen LogP contribution in [0, 0.1) is 17.2 Å². The van der Waals surface area contributed by atoms with Crippen molar-refractivity contribution in [3.8, 4) is 17.2 Å². The van der Waals surface area contributed by atoms with E-state index in [0.717, 1.165) is 48.8 Å². The molecule has 1 aliphatic rings. The molecule has 1 atom stereocenters. The van der Waals surface area contributed by atoms with Crippen LogP contribution in [0.3, 0.4) is 0 Å². The van der Waals surface area contributed by atoms with Crippen molar-refractivity contribution in [2.75, 3.05) is 54.4 Å². The molecule has 1 saturated heterocycles. The Morgan fingerprint density at radius 1 is 0.980 bits per heavy atom. The first-order valence-electron chi connectivity index (χ1n) is 17.4. The Balaban J connectivity index is 1.19. The number of aryl methyl sites for hydroxylation is 1. The van der Waals surface area contributed by atoms with Gasteiger partial charge in [0.1, 0.15) is 17.5 Å². The summed E-state index contributed by atoms with van der Waals surface area (Å²) in [5.74, 6) is 2.04. The minimum atomic E-state index is -0.172. The van der Waals surface area contributed by atoms with E-state index in [4.69, 9.17) is 4.98 Å². The minimum absolute atomic E-state index is 0.0579. The van der Waals surface area contributed by atoms with E-state index in [1.54, 1.807) is 40.0 Å². The van der Waals surface area contributed by atoms with Crippen molar-refractivity contribution in [3.63, 3.8) is 0 Å². The summed E-state index contributed by atoms with van der Waals surface area (Å²) in [6.07, 6.45) is 11.9. The van der Waals surface area contributed by atoms with Crippen LogP contribution < -0.4 is 20.4 Å². The first-order chi connectivity index (χ1) is 24.3. The van der Waals surface area contributed by atoms with Gasteiger partial charge in [0, 0.05) is 83.3 Å². The van der Waals surface area contributed by atoms with E-state index in [1.165, 1.54) is 0 Å². The van der Waals surface area contributed by atoms with Crippen molar-refractivity contribution in [3.05, 3.63) is 78.4 Å². The van der Waals surface area contributed by atoms with Crippen LogP contribution in [-0.2, 0) is 18.4 Å². The average molecular weight is 678 g/mol. The SMILES string of the molecule is CCC[C@@H](CCCCNc1ncc(C#N)c(N2CCN(C(C)=O)CC2)n1)CN(C(=O)NCc1ccccc1)c1ccc(-c2cnn(C)c2)cn1. The molecule has 1 aromatic carbocycles. The lowest BCUT2D eigenvalue weighted by molar-refractivity contribution is -0.129. The molecule has 0 spiro atoms. The molecule has 2 N–H and O–H groups in total. The van der Waals surface area contributed by atoms with Gasteiger partial charge in [-0.05, 0) is 42.9 Å². The van der Waals surface area contributed by atoms with Gasteiger partial charge in [0.05, 0.1) is 12.4 Å². The number of rotatable bonds is 15. The van der Waals surface area contributed by atoms with E-state index < -0.39 is 0 Å². The molecule has 0 aliphatic carbocycles. The van der Waals surface area contributed by atoms with E-state index in [1.807, 2.05) is 60.6 Å². The van der Waals surface area contributed by atoms with Gasteiger partial charge < -0.3 is 20.4 Å². The summed E-state index contributed by atoms with van der Waals surface area (Å²) in [7, 11) is 1.88. The predicted molar refractivity (Wildman–Crippen MR) is 194 cm³/mol. The van der Waals surface area contributed by atoms with Crippen molar-refractivity contribution in [2.24, 2.45) is 13.0 Å². The van der Waals surface area contributed by atoms with Gasteiger partial charge in [-0.3, -0.25) is 14.4 Å². The first-order valence-corrected chi connectivity index (χ1v) is 17.4. The molecule has 3 aromatic heterocycles. The molecular formula is C37H47N11O2. The van der Waals surface area contributed by atoms with Crippen molar-refractivity contribution in [1.82, 2.24) is 34.9 Å². The van der Waals surface area contributed by atoms with Gasteiger partial charge in [-0.15, -0.1) is 0 Å². The number of amides is 3. The topological polar surface area (TPSA) is 148 Å². The normalized spacial score (nSPS) is 13.4. The van der Waals surface area contributed by atoms with Gasteiger partial charge in [0.15, 0.2) is 5.82 Å². The average Bonchev–Trinajstić information content (AvgIpc) is 3.59. The number of hydrogen-bond donors (Lipinski definition) is 2. The number of urea groups is 1. The Bertz CT molecular complexity index is 1730. The molecule has 0 radical (unpaired) electrons. The maximum Gasteiger partial charge on any atom is 0.323 e. The molecule has 1 fully saturated rings. The van der Waals surface area contributed by atoms with Crippen LogP contribution in [0.5, 0.6) is 0 Å². The molecule has 4 aromatic rings. The van der Waals surface area contributed by atoms with Crippen molar-refractivity contribution in [1.29, 1.82) is 5.26 Å². The maximum absolute atomic E-state index is 13.7. The fraction of sp³-hybridized carbons (Fsp3) is 0.432. The van der Waals surface area contributed by atoms with E-state index >= 15 is 0 Å². The quantitative estimate of drug-likeness (QED) is 0.162. The van der Waals surface area contributed by atoms with Crippen LogP contribution in [0.15, 0.2) is 67.3 Å². The van der Waals surface area contributed by atoms with Crippen molar-refractivity contribution in [2.45, 2.75) is 52.5 Å². The molecule has 4 heterocycles. The van der Waals surface area contributed by atoms with Crippen LogP contribution in [0.25, 0.3) is 11.1 Å². The van der Waals surface area contributed by atoms with E-state index in [9.17, 15) is 14.9 Å². The second-order valence-corrected chi connectivity index (χ2v) is 12.7. The third-order valence-electron chi connectivity index (χ3n) is 8.97. The number of carbonyl (C=O) groups excluding carboxylic acids is 2. The summed E-state index contributed by atoms with van der Waals surface area (Å²) in [4.78, 5) is 44.8. The lowest BCUT2D eigenvalue weighted by Crippen LogP contribution is -2.48. The Kier molecular flexibility index (Phi) is 12.7. The second-order valence-electron chi connectivity index (χ2n) is 12.7. The van der Waals surface area contributed by atoms with Gasteiger partial charge in [-0.2, -0.15) is 15.3 Å². The zero-order chi connectivity index (χ0) is 35.3. The highest BCUT2D eigenvalue weighted by Crippen LogP contribution is 2.24. The highest BCUT2D eigenvalue weighted by atomic mass is 16.2. The van der Waals surface area contributed by atoms with Crippen LogP contribution in [-0.4, -0.2) is 80.8 Å². The summed E-state index contributed by atoms with van der Waals surface area (Å²) < 4.78 is 1.76. The number of nitrogens with one attached hydrogen (secondary N) is 2.